The Kier molecular flexibility index (Phi) is 5.18. The van der Waals surface area contributed by atoms with Crippen LogP contribution in [0.1, 0.15) is 17.5 Å². The molecule has 2 aliphatic heterocycles. The van der Waals surface area contributed by atoms with E-state index in [1.165, 1.54) is 6.07 Å². The van der Waals surface area contributed by atoms with Crippen LogP contribution in [0, 0.1) is 5.41 Å². The van der Waals surface area contributed by atoms with E-state index in [9.17, 15) is 13.2 Å². The SMILES string of the molecule is N=C(N)c1cccc(CN2CC[C@H](NS(=O)(=O)c3ccc4cc5c(cc4c3)OCO5)C2=O)c1. The highest BCUT2D eigenvalue weighted by atomic mass is 32.2. The highest BCUT2D eigenvalue weighted by Gasteiger charge is 2.35. The molecule has 33 heavy (non-hydrogen) atoms. The van der Waals surface area contributed by atoms with Gasteiger partial charge in [0.05, 0.1) is 4.90 Å². The zero-order chi connectivity index (χ0) is 23.2. The van der Waals surface area contributed by atoms with E-state index >= 15 is 0 Å². The number of carbonyl (C=O) groups is 1. The van der Waals surface area contributed by atoms with Crippen molar-refractivity contribution in [2.75, 3.05) is 13.3 Å². The summed E-state index contributed by atoms with van der Waals surface area (Å²) in [5.41, 5.74) is 6.94. The first-order valence-corrected chi connectivity index (χ1v) is 11.9. The van der Waals surface area contributed by atoms with Gasteiger partial charge in [0.1, 0.15) is 11.9 Å². The summed E-state index contributed by atoms with van der Waals surface area (Å²) in [5.74, 6) is 0.868. The Bertz CT molecular complexity index is 1390. The molecular weight excluding hydrogens is 444 g/mol. The second-order valence-electron chi connectivity index (χ2n) is 8.05. The Balaban J connectivity index is 1.31. The number of ether oxygens (including phenoxy) is 2. The van der Waals surface area contributed by atoms with Crippen LogP contribution in [0.3, 0.4) is 0 Å². The van der Waals surface area contributed by atoms with Gasteiger partial charge in [0.2, 0.25) is 22.7 Å². The Morgan fingerprint density at radius 2 is 1.85 bits per heavy atom. The Hall–Kier alpha value is -3.63. The molecule has 1 fully saturated rings. The minimum absolute atomic E-state index is 0.0466. The predicted octanol–water partition coefficient (Wildman–Crippen LogP) is 1.93. The smallest absolute Gasteiger partial charge is 0.241 e. The van der Waals surface area contributed by atoms with E-state index in [0.717, 1.165) is 10.9 Å². The molecule has 0 aromatic heterocycles. The maximum absolute atomic E-state index is 13.0. The molecule has 3 aromatic rings. The maximum atomic E-state index is 13.0. The first kappa shape index (κ1) is 21.2. The van der Waals surface area contributed by atoms with Crippen molar-refractivity contribution in [3.05, 3.63) is 65.7 Å². The lowest BCUT2D eigenvalue weighted by Gasteiger charge is -2.18. The number of hydrogen-bond acceptors (Lipinski definition) is 6. The standard InChI is InChI=1S/C23H22N4O5S/c24-22(25)16-3-1-2-14(8-16)12-27-7-6-19(23(27)28)26-33(29,30)18-5-4-15-10-20-21(32-13-31-20)11-17(15)9-18/h1-5,8-11,19,26H,6-7,12-13H2,(H3,24,25)/t19-/m0/s1. The van der Waals surface area contributed by atoms with Crippen molar-refractivity contribution in [2.24, 2.45) is 5.73 Å². The van der Waals surface area contributed by atoms with Crippen molar-refractivity contribution in [3.63, 3.8) is 0 Å². The summed E-state index contributed by atoms with van der Waals surface area (Å²) in [5, 5.41) is 9.09. The molecule has 10 heteroatoms. The summed E-state index contributed by atoms with van der Waals surface area (Å²) in [7, 11) is -3.91. The van der Waals surface area contributed by atoms with Crippen molar-refractivity contribution in [3.8, 4) is 11.5 Å². The third kappa shape index (κ3) is 4.10. The number of likely N-dealkylation sites (tertiary alicyclic amines) is 1. The van der Waals surface area contributed by atoms with Crippen molar-refractivity contribution >= 4 is 32.5 Å². The number of fused-ring (bicyclic) bond motifs is 2. The minimum atomic E-state index is -3.91. The van der Waals surface area contributed by atoms with Gasteiger partial charge < -0.3 is 20.1 Å². The summed E-state index contributed by atoms with van der Waals surface area (Å²) in [6.07, 6.45) is 0.372. The third-order valence-electron chi connectivity index (χ3n) is 5.82. The number of sulfonamides is 1. The molecule has 5 rings (SSSR count). The summed E-state index contributed by atoms with van der Waals surface area (Å²) >= 11 is 0. The highest BCUT2D eigenvalue weighted by Crippen LogP contribution is 2.36. The fraction of sp³-hybridized carbons (Fsp3) is 0.217. The summed E-state index contributed by atoms with van der Waals surface area (Å²) in [6, 6.07) is 14.6. The second kappa shape index (κ2) is 8.05. The molecule has 0 spiro atoms. The first-order chi connectivity index (χ1) is 15.8. The molecule has 0 radical (unpaired) electrons. The van der Waals surface area contributed by atoms with Crippen LogP contribution in [0.4, 0.5) is 0 Å². The van der Waals surface area contributed by atoms with Crippen LogP contribution in [0.25, 0.3) is 10.8 Å². The molecule has 2 aliphatic rings. The zero-order valence-corrected chi connectivity index (χ0v) is 18.4. The average Bonchev–Trinajstić information content (AvgIpc) is 3.38. The number of nitrogens with one attached hydrogen (secondary N) is 2. The molecule has 170 valence electrons. The minimum Gasteiger partial charge on any atom is -0.454 e. The van der Waals surface area contributed by atoms with Gasteiger partial charge in [0.25, 0.3) is 0 Å². The molecule has 1 amide bonds. The number of benzene rings is 3. The van der Waals surface area contributed by atoms with E-state index in [0.29, 0.717) is 42.0 Å². The molecule has 0 saturated carbocycles. The van der Waals surface area contributed by atoms with E-state index in [4.69, 9.17) is 20.6 Å². The Morgan fingerprint density at radius 1 is 1.09 bits per heavy atom. The lowest BCUT2D eigenvalue weighted by molar-refractivity contribution is -0.129. The third-order valence-corrected chi connectivity index (χ3v) is 7.29. The number of nitrogen functional groups attached to an aromatic ring is 1. The van der Waals surface area contributed by atoms with Crippen molar-refractivity contribution in [1.29, 1.82) is 5.41 Å². The Labute approximate surface area is 190 Å². The number of amidine groups is 1. The summed E-state index contributed by atoms with van der Waals surface area (Å²) in [4.78, 5) is 14.6. The molecule has 1 saturated heterocycles. The zero-order valence-electron chi connectivity index (χ0n) is 17.6. The van der Waals surface area contributed by atoms with E-state index in [-0.39, 0.29) is 23.4 Å². The largest absolute Gasteiger partial charge is 0.454 e. The molecule has 9 nitrogen and oxygen atoms in total. The number of carbonyl (C=O) groups excluding carboxylic acids is 1. The van der Waals surface area contributed by atoms with Crippen LogP contribution in [0.2, 0.25) is 0 Å². The number of amides is 1. The normalized spacial score (nSPS) is 17.6. The van der Waals surface area contributed by atoms with Gasteiger partial charge in [-0.25, -0.2) is 8.42 Å². The van der Waals surface area contributed by atoms with Gasteiger partial charge in [-0.15, -0.1) is 0 Å². The van der Waals surface area contributed by atoms with Gasteiger partial charge in [0.15, 0.2) is 11.5 Å². The second-order valence-corrected chi connectivity index (χ2v) is 9.76. The first-order valence-electron chi connectivity index (χ1n) is 10.4. The lowest BCUT2D eigenvalue weighted by atomic mass is 10.1. The van der Waals surface area contributed by atoms with E-state index in [1.54, 1.807) is 47.4 Å². The number of nitrogens with two attached hydrogens (primary N) is 1. The molecular formula is C23H22N4O5S. The molecule has 2 heterocycles. The van der Waals surface area contributed by atoms with Crippen LogP contribution in [0.15, 0.2) is 59.5 Å². The lowest BCUT2D eigenvalue weighted by Crippen LogP contribution is -2.41. The summed E-state index contributed by atoms with van der Waals surface area (Å²) < 4.78 is 39.3. The van der Waals surface area contributed by atoms with Crippen LogP contribution in [-0.2, 0) is 21.4 Å². The molecule has 1 atom stereocenters. The van der Waals surface area contributed by atoms with Crippen LogP contribution < -0.4 is 19.9 Å². The highest BCUT2D eigenvalue weighted by molar-refractivity contribution is 7.89. The average molecular weight is 467 g/mol. The molecule has 0 unspecified atom stereocenters. The van der Waals surface area contributed by atoms with Crippen LogP contribution in [0.5, 0.6) is 11.5 Å². The number of nitrogens with zero attached hydrogens (tertiary/aromatic N) is 1. The summed E-state index contributed by atoms with van der Waals surface area (Å²) in [6.45, 7) is 0.885. The fourth-order valence-corrected chi connectivity index (χ4v) is 5.36. The van der Waals surface area contributed by atoms with Crippen LogP contribution >= 0.6 is 0 Å². The van der Waals surface area contributed by atoms with E-state index in [1.807, 2.05) is 6.07 Å². The Morgan fingerprint density at radius 3 is 2.61 bits per heavy atom. The van der Waals surface area contributed by atoms with Crippen molar-refractivity contribution in [2.45, 2.75) is 23.9 Å². The number of hydrogen-bond donors (Lipinski definition) is 3. The molecule has 0 bridgehead atoms. The van der Waals surface area contributed by atoms with Crippen LogP contribution in [-0.4, -0.2) is 44.4 Å². The predicted molar refractivity (Wildman–Crippen MR) is 122 cm³/mol. The van der Waals surface area contributed by atoms with Gasteiger partial charge in [0, 0.05) is 18.7 Å². The molecule has 0 aliphatic carbocycles. The number of rotatable bonds is 6. The fourth-order valence-electron chi connectivity index (χ4n) is 4.10. The molecule has 4 N–H and O–H groups in total. The van der Waals surface area contributed by atoms with Gasteiger partial charge in [-0.3, -0.25) is 10.2 Å². The van der Waals surface area contributed by atoms with E-state index < -0.39 is 16.1 Å². The van der Waals surface area contributed by atoms with Crippen molar-refractivity contribution in [1.82, 2.24) is 9.62 Å². The van der Waals surface area contributed by atoms with Gasteiger partial charge >= 0.3 is 0 Å². The topological polar surface area (TPSA) is 135 Å². The van der Waals surface area contributed by atoms with Gasteiger partial charge in [-0.05, 0) is 53.1 Å². The quantitative estimate of drug-likeness (QED) is 0.375. The maximum Gasteiger partial charge on any atom is 0.241 e. The monoisotopic (exact) mass is 466 g/mol. The van der Waals surface area contributed by atoms with Crippen molar-refractivity contribution < 1.29 is 22.7 Å². The molecule has 3 aromatic carbocycles. The van der Waals surface area contributed by atoms with E-state index in [2.05, 4.69) is 4.72 Å². The van der Waals surface area contributed by atoms with Gasteiger partial charge in [-0.2, -0.15) is 4.72 Å². The van der Waals surface area contributed by atoms with Gasteiger partial charge in [-0.1, -0.05) is 24.3 Å².